The second-order valence-electron chi connectivity index (χ2n) is 7.75. The van der Waals surface area contributed by atoms with Crippen LogP contribution in [0.15, 0.2) is 23.8 Å². The lowest BCUT2D eigenvalue weighted by atomic mass is 10.1. The van der Waals surface area contributed by atoms with Gasteiger partial charge in [0.05, 0.1) is 26.9 Å². The summed E-state index contributed by atoms with van der Waals surface area (Å²) in [6.45, 7) is 11.1. The van der Waals surface area contributed by atoms with Gasteiger partial charge in [-0.3, -0.25) is 0 Å². The maximum absolute atomic E-state index is 12.2. The standard InChI is InChI=1S/C20H32O6Si/c1-20(2,3)27(7,8)26-12-11-15(19(22)25-6)18(21)14-9-10-16(23-4)17(13-14)24-5/h9-10,13,21H,11-12H2,1-8H3/b18-15-. The third-order valence-corrected chi connectivity index (χ3v) is 9.53. The highest BCUT2D eigenvalue weighted by Crippen LogP contribution is 2.37. The molecule has 0 fully saturated rings. The van der Waals surface area contributed by atoms with E-state index in [-0.39, 0.29) is 22.8 Å². The van der Waals surface area contributed by atoms with Crippen molar-refractivity contribution in [1.82, 2.24) is 0 Å². The number of hydrogen-bond acceptors (Lipinski definition) is 6. The van der Waals surface area contributed by atoms with Crippen LogP contribution in [0.25, 0.3) is 5.76 Å². The number of rotatable bonds is 8. The van der Waals surface area contributed by atoms with Gasteiger partial charge in [-0.1, -0.05) is 20.8 Å². The molecular weight excluding hydrogens is 364 g/mol. The molecule has 0 radical (unpaired) electrons. The van der Waals surface area contributed by atoms with Gasteiger partial charge in [0.15, 0.2) is 19.8 Å². The minimum Gasteiger partial charge on any atom is -0.507 e. The van der Waals surface area contributed by atoms with Crippen LogP contribution >= 0.6 is 0 Å². The van der Waals surface area contributed by atoms with E-state index in [0.717, 1.165) is 0 Å². The normalized spacial score (nSPS) is 13.0. The Morgan fingerprint density at radius 3 is 2.15 bits per heavy atom. The van der Waals surface area contributed by atoms with Crippen molar-refractivity contribution in [3.63, 3.8) is 0 Å². The molecule has 0 spiro atoms. The number of hydrogen-bond donors (Lipinski definition) is 1. The highest BCUT2D eigenvalue weighted by molar-refractivity contribution is 6.74. The van der Waals surface area contributed by atoms with Crippen LogP contribution in [0.5, 0.6) is 11.5 Å². The van der Waals surface area contributed by atoms with Gasteiger partial charge < -0.3 is 23.7 Å². The smallest absolute Gasteiger partial charge is 0.337 e. The SMILES string of the molecule is COC(=O)/C(CCO[Si](C)(C)C(C)(C)C)=C(\O)c1ccc(OC)c(OC)c1. The van der Waals surface area contributed by atoms with Gasteiger partial charge in [-0.25, -0.2) is 4.79 Å². The average Bonchev–Trinajstić information content (AvgIpc) is 2.62. The molecule has 0 saturated heterocycles. The molecule has 0 heterocycles. The van der Waals surface area contributed by atoms with Crippen LogP contribution in [0.2, 0.25) is 18.1 Å². The first-order valence-electron chi connectivity index (χ1n) is 8.85. The van der Waals surface area contributed by atoms with E-state index in [1.165, 1.54) is 21.3 Å². The molecule has 0 aliphatic carbocycles. The Balaban J connectivity index is 3.13. The van der Waals surface area contributed by atoms with Crippen molar-refractivity contribution in [2.45, 2.75) is 45.3 Å². The predicted octanol–water partition coefficient (Wildman–Crippen LogP) is 4.56. The summed E-state index contributed by atoms with van der Waals surface area (Å²) in [5, 5.41) is 10.8. The maximum Gasteiger partial charge on any atom is 0.337 e. The zero-order valence-electron chi connectivity index (χ0n) is 17.6. The fourth-order valence-electron chi connectivity index (χ4n) is 2.22. The van der Waals surface area contributed by atoms with E-state index in [4.69, 9.17) is 18.6 Å². The van der Waals surface area contributed by atoms with Crippen LogP contribution in [0.3, 0.4) is 0 Å². The topological polar surface area (TPSA) is 74.2 Å². The van der Waals surface area contributed by atoms with Crippen LogP contribution in [-0.2, 0) is 14.0 Å². The number of esters is 1. The molecule has 7 heteroatoms. The molecule has 0 bridgehead atoms. The van der Waals surface area contributed by atoms with Gasteiger partial charge in [0, 0.05) is 18.6 Å². The third-order valence-electron chi connectivity index (χ3n) is 5.00. The van der Waals surface area contributed by atoms with Crippen LogP contribution in [-0.4, -0.2) is 47.3 Å². The summed E-state index contributed by atoms with van der Waals surface area (Å²) < 4.78 is 21.4. The summed E-state index contributed by atoms with van der Waals surface area (Å²) in [4.78, 5) is 12.2. The van der Waals surface area contributed by atoms with E-state index < -0.39 is 14.3 Å². The molecule has 0 amide bonds. The summed E-state index contributed by atoms with van der Waals surface area (Å²) in [5.74, 6) is 0.265. The summed E-state index contributed by atoms with van der Waals surface area (Å²) in [6, 6.07) is 4.95. The quantitative estimate of drug-likeness (QED) is 0.301. The van der Waals surface area contributed by atoms with Gasteiger partial charge in [0.25, 0.3) is 0 Å². The summed E-state index contributed by atoms with van der Waals surface area (Å²) in [6.07, 6.45) is 0.249. The molecular formula is C20H32O6Si. The molecule has 0 atom stereocenters. The molecule has 1 aromatic rings. The van der Waals surface area contributed by atoms with E-state index in [1.54, 1.807) is 18.2 Å². The lowest BCUT2D eigenvalue weighted by molar-refractivity contribution is -0.136. The first-order valence-corrected chi connectivity index (χ1v) is 11.8. The molecule has 1 aromatic carbocycles. The Hall–Kier alpha value is -1.99. The number of carbonyl (C=O) groups is 1. The first kappa shape index (κ1) is 23.0. The van der Waals surface area contributed by atoms with Crippen molar-refractivity contribution in [1.29, 1.82) is 0 Å². The van der Waals surface area contributed by atoms with Crippen molar-refractivity contribution in [2.75, 3.05) is 27.9 Å². The van der Waals surface area contributed by atoms with Crippen LogP contribution in [0, 0.1) is 0 Å². The second kappa shape index (κ2) is 9.28. The molecule has 0 unspecified atom stereocenters. The van der Waals surface area contributed by atoms with Crippen molar-refractivity contribution in [2.24, 2.45) is 0 Å². The Labute approximate surface area is 163 Å². The number of aliphatic hydroxyl groups is 1. The Bertz CT molecular complexity index is 688. The largest absolute Gasteiger partial charge is 0.507 e. The fourth-order valence-corrected chi connectivity index (χ4v) is 3.27. The lowest BCUT2D eigenvalue weighted by Crippen LogP contribution is -2.41. The number of ether oxygens (including phenoxy) is 3. The zero-order valence-corrected chi connectivity index (χ0v) is 18.6. The molecule has 152 valence electrons. The molecule has 27 heavy (non-hydrogen) atoms. The number of aliphatic hydroxyl groups excluding tert-OH is 1. The minimum absolute atomic E-state index is 0.0630. The zero-order chi connectivity index (χ0) is 20.8. The summed E-state index contributed by atoms with van der Waals surface area (Å²) >= 11 is 0. The average molecular weight is 397 g/mol. The van der Waals surface area contributed by atoms with Gasteiger partial charge in [0.2, 0.25) is 0 Å². The molecule has 0 aliphatic heterocycles. The van der Waals surface area contributed by atoms with Crippen LogP contribution in [0.4, 0.5) is 0 Å². The van der Waals surface area contributed by atoms with Gasteiger partial charge in [0.1, 0.15) is 5.76 Å². The highest BCUT2D eigenvalue weighted by Gasteiger charge is 2.37. The first-order chi connectivity index (χ1) is 12.5. The van der Waals surface area contributed by atoms with Crippen molar-refractivity contribution < 1.29 is 28.5 Å². The fraction of sp³-hybridized carbons (Fsp3) is 0.550. The number of carbonyl (C=O) groups excluding carboxylic acids is 1. The van der Waals surface area contributed by atoms with Crippen molar-refractivity contribution >= 4 is 20.0 Å². The van der Waals surface area contributed by atoms with Gasteiger partial charge >= 0.3 is 5.97 Å². The van der Waals surface area contributed by atoms with Gasteiger partial charge in [-0.2, -0.15) is 0 Å². The Morgan fingerprint density at radius 2 is 1.67 bits per heavy atom. The number of methoxy groups -OCH3 is 3. The van der Waals surface area contributed by atoms with E-state index in [2.05, 4.69) is 33.9 Å². The van der Waals surface area contributed by atoms with Crippen LogP contribution in [0.1, 0.15) is 32.8 Å². The summed E-state index contributed by atoms with van der Waals surface area (Å²) in [5.41, 5.74) is 0.615. The summed E-state index contributed by atoms with van der Waals surface area (Å²) in [7, 11) is 2.38. The number of benzene rings is 1. The predicted molar refractivity (Wildman–Crippen MR) is 109 cm³/mol. The molecule has 1 rings (SSSR count). The highest BCUT2D eigenvalue weighted by atomic mass is 28.4. The van der Waals surface area contributed by atoms with E-state index >= 15 is 0 Å². The molecule has 1 N–H and O–H groups in total. The molecule has 0 saturated carbocycles. The van der Waals surface area contributed by atoms with Crippen molar-refractivity contribution in [3.8, 4) is 11.5 Å². The van der Waals surface area contributed by atoms with E-state index in [9.17, 15) is 9.90 Å². The van der Waals surface area contributed by atoms with Crippen molar-refractivity contribution in [3.05, 3.63) is 29.3 Å². The maximum atomic E-state index is 12.2. The van der Waals surface area contributed by atoms with Gasteiger partial charge in [-0.05, 0) is 36.3 Å². The minimum atomic E-state index is -1.95. The van der Waals surface area contributed by atoms with Gasteiger partial charge in [-0.15, -0.1) is 0 Å². The Kier molecular flexibility index (Phi) is 7.92. The third kappa shape index (κ3) is 5.74. The van der Waals surface area contributed by atoms with E-state index in [1.807, 2.05) is 0 Å². The lowest BCUT2D eigenvalue weighted by Gasteiger charge is -2.36. The monoisotopic (exact) mass is 396 g/mol. The Morgan fingerprint density at radius 1 is 1.07 bits per heavy atom. The second-order valence-corrected chi connectivity index (χ2v) is 12.6. The molecule has 0 aliphatic rings. The molecule has 0 aromatic heterocycles. The van der Waals surface area contributed by atoms with E-state index in [0.29, 0.717) is 23.7 Å². The molecule has 6 nitrogen and oxygen atoms in total. The van der Waals surface area contributed by atoms with Crippen LogP contribution < -0.4 is 9.47 Å².